The number of benzene rings is 1. The number of amides is 1. The molecule has 0 unspecified atom stereocenters. The number of hydrogen-bond donors (Lipinski definition) is 2. The lowest BCUT2D eigenvalue weighted by Gasteiger charge is -2.33. The van der Waals surface area contributed by atoms with Gasteiger partial charge in [0.1, 0.15) is 12.4 Å². The Hall–Kier alpha value is -2.70. The fraction of sp³-hybridized carbons (Fsp3) is 0.231. The molecule has 0 radical (unpaired) electrons. The summed E-state index contributed by atoms with van der Waals surface area (Å²) in [5.41, 5.74) is 1.92. The Bertz CT molecular complexity index is 653. The van der Waals surface area contributed by atoms with Crippen LogP contribution in [0.3, 0.4) is 0 Å². The molecule has 0 saturated carbocycles. The van der Waals surface area contributed by atoms with E-state index in [2.05, 4.69) is 15.2 Å². The normalized spacial score (nSPS) is 17.6. The summed E-state index contributed by atoms with van der Waals surface area (Å²) in [7, 11) is 0. The van der Waals surface area contributed by atoms with E-state index in [-0.39, 0.29) is 12.4 Å². The van der Waals surface area contributed by atoms with E-state index in [0.717, 1.165) is 11.1 Å². The average molecular weight is 272 g/mol. The van der Waals surface area contributed by atoms with Crippen molar-refractivity contribution >= 4 is 11.9 Å². The number of aromatic nitrogens is 3. The first kappa shape index (κ1) is 12.3. The van der Waals surface area contributed by atoms with Crippen LogP contribution in [-0.2, 0) is 17.8 Å². The molecule has 0 bridgehead atoms. The smallest absolute Gasteiger partial charge is 0.326 e. The summed E-state index contributed by atoms with van der Waals surface area (Å²) in [5, 5.41) is 15.4. The molecule has 0 spiro atoms. The minimum Gasteiger partial charge on any atom is -0.480 e. The zero-order chi connectivity index (χ0) is 14.1. The van der Waals surface area contributed by atoms with Gasteiger partial charge in [0.15, 0.2) is 0 Å². The monoisotopic (exact) mass is 272 g/mol. The standard InChI is InChI=1S/C13H12N4O3/c18-12(11-14-7-15-16-11)17-6-9-4-2-1-3-8(9)5-10(17)13(19)20/h1-4,7,10H,5-6H2,(H,19,20)(H,14,15,16)/t10-/m0/s1. The highest BCUT2D eigenvalue weighted by Crippen LogP contribution is 2.24. The fourth-order valence-electron chi connectivity index (χ4n) is 2.40. The second-order valence-corrected chi connectivity index (χ2v) is 4.59. The van der Waals surface area contributed by atoms with Crippen LogP contribution in [0.4, 0.5) is 0 Å². The van der Waals surface area contributed by atoms with Gasteiger partial charge < -0.3 is 10.0 Å². The number of carbonyl (C=O) groups is 2. The first-order valence-corrected chi connectivity index (χ1v) is 6.12. The second kappa shape index (κ2) is 4.76. The number of hydrogen-bond acceptors (Lipinski definition) is 4. The van der Waals surface area contributed by atoms with Gasteiger partial charge in [0.25, 0.3) is 5.91 Å². The summed E-state index contributed by atoms with van der Waals surface area (Å²) in [4.78, 5) is 28.8. The van der Waals surface area contributed by atoms with Gasteiger partial charge in [-0.2, -0.15) is 5.10 Å². The molecule has 2 N–H and O–H groups in total. The van der Waals surface area contributed by atoms with Crippen LogP contribution in [0, 0.1) is 0 Å². The third-order valence-corrected chi connectivity index (χ3v) is 3.41. The molecule has 7 heteroatoms. The maximum Gasteiger partial charge on any atom is 0.326 e. The molecule has 1 aliphatic rings. The Morgan fingerprint density at radius 2 is 2.05 bits per heavy atom. The Labute approximate surface area is 114 Å². The minimum atomic E-state index is -1.02. The molecule has 1 aromatic heterocycles. The average Bonchev–Trinajstić information content (AvgIpc) is 2.99. The van der Waals surface area contributed by atoms with Crippen molar-refractivity contribution in [3.8, 4) is 0 Å². The van der Waals surface area contributed by atoms with Crippen molar-refractivity contribution in [3.63, 3.8) is 0 Å². The van der Waals surface area contributed by atoms with Crippen molar-refractivity contribution in [2.75, 3.05) is 0 Å². The van der Waals surface area contributed by atoms with E-state index in [1.165, 1.54) is 11.2 Å². The molecule has 2 heterocycles. The Kier molecular flexibility index (Phi) is 2.94. The van der Waals surface area contributed by atoms with Crippen molar-refractivity contribution in [1.82, 2.24) is 20.1 Å². The van der Waals surface area contributed by atoms with Gasteiger partial charge in [0.2, 0.25) is 5.82 Å². The Morgan fingerprint density at radius 1 is 1.30 bits per heavy atom. The third-order valence-electron chi connectivity index (χ3n) is 3.41. The van der Waals surface area contributed by atoms with Gasteiger partial charge in [-0.05, 0) is 11.1 Å². The molecule has 1 aliphatic heterocycles. The Balaban J connectivity index is 1.96. The molecule has 3 rings (SSSR count). The molecule has 0 fully saturated rings. The van der Waals surface area contributed by atoms with E-state index in [0.29, 0.717) is 6.42 Å². The van der Waals surface area contributed by atoms with Crippen LogP contribution in [0.25, 0.3) is 0 Å². The number of aromatic amines is 1. The van der Waals surface area contributed by atoms with Crippen LogP contribution in [0.2, 0.25) is 0 Å². The number of carboxylic acids is 1. The maximum atomic E-state index is 12.3. The highest BCUT2D eigenvalue weighted by molar-refractivity contribution is 5.93. The second-order valence-electron chi connectivity index (χ2n) is 4.59. The molecular weight excluding hydrogens is 260 g/mol. The van der Waals surface area contributed by atoms with E-state index in [9.17, 15) is 14.7 Å². The van der Waals surface area contributed by atoms with E-state index in [1.807, 2.05) is 24.3 Å². The van der Waals surface area contributed by atoms with Crippen molar-refractivity contribution in [2.24, 2.45) is 0 Å². The van der Waals surface area contributed by atoms with Gasteiger partial charge in [0, 0.05) is 13.0 Å². The summed E-state index contributed by atoms with van der Waals surface area (Å²) in [5.74, 6) is -1.42. The van der Waals surface area contributed by atoms with E-state index < -0.39 is 17.9 Å². The number of rotatable bonds is 2. The molecule has 1 aromatic carbocycles. The zero-order valence-corrected chi connectivity index (χ0v) is 10.5. The third kappa shape index (κ3) is 2.03. The molecule has 102 valence electrons. The van der Waals surface area contributed by atoms with Crippen molar-refractivity contribution < 1.29 is 14.7 Å². The van der Waals surface area contributed by atoms with Crippen LogP contribution in [0.5, 0.6) is 0 Å². The SMILES string of the molecule is O=C(O)[C@@H]1Cc2ccccc2CN1C(=O)c1ncn[nH]1. The predicted octanol–water partition coefficient (Wildman–Crippen LogP) is 0.456. The lowest BCUT2D eigenvalue weighted by molar-refractivity contribution is -0.142. The molecule has 0 aliphatic carbocycles. The summed E-state index contributed by atoms with van der Waals surface area (Å²) < 4.78 is 0. The van der Waals surface area contributed by atoms with Gasteiger partial charge in [-0.25, -0.2) is 9.78 Å². The van der Waals surface area contributed by atoms with Crippen molar-refractivity contribution in [3.05, 3.63) is 47.5 Å². The van der Waals surface area contributed by atoms with Crippen LogP contribution in [0.15, 0.2) is 30.6 Å². The van der Waals surface area contributed by atoms with E-state index in [1.54, 1.807) is 0 Å². The van der Waals surface area contributed by atoms with Crippen LogP contribution >= 0.6 is 0 Å². The predicted molar refractivity (Wildman–Crippen MR) is 67.8 cm³/mol. The van der Waals surface area contributed by atoms with Crippen LogP contribution in [-0.4, -0.2) is 43.1 Å². The topological polar surface area (TPSA) is 99.2 Å². The first-order chi connectivity index (χ1) is 9.66. The van der Waals surface area contributed by atoms with Crippen molar-refractivity contribution in [1.29, 1.82) is 0 Å². The number of H-pyrrole nitrogens is 1. The maximum absolute atomic E-state index is 12.3. The number of carboxylic acid groups (broad SMARTS) is 1. The Morgan fingerprint density at radius 3 is 2.70 bits per heavy atom. The molecular formula is C13H12N4O3. The number of nitrogens with one attached hydrogen (secondary N) is 1. The molecule has 0 saturated heterocycles. The quantitative estimate of drug-likeness (QED) is 0.827. The number of nitrogens with zero attached hydrogens (tertiary/aromatic N) is 3. The van der Waals surface area contributed by atoms with E-state index >= 15 is 0 Å². The lowest BCUT2D eigenvalue weighted by Crippen LogP contribution is -2.48. The first-order valence-electron chi connectivity index (χ1n) is 6.12. The summed E-state index contributed by atoms with van der Waals surface area (Å²) in [6.45, 7) is 0.257. The zero-order valence-electron chi connectivity index (χ0n) is 10.5. The van der Waals surface area contributed by atoms with Crippen LogP contribution in [0.1, 0.15) is 21.7 Å². The molecule has 1 atom stereocenters. The number of aliphatic carboxylic acids is 1. The van der Waals surface area contributed by atoms with Gasteiger partial charge in [-0.15, -0.1) is 0 Å². The highest BCUT2D eigenvalue weighted by atomic mass is 16.4. The summed E-state index contributed by atoms with van der Waals surface area (Å²) in [6, 6.07) is 6.64. The number of fused-ring (bicyclic) bond motifs is 1. The summed E-state index contributed by atoms with van der Waals surface area (Å²) >= 11 is 0. The van der Waals surface area contributed by atoms with E-state index in [4.69, 9.17) is 0 Å². The van der Waals surface area contributed by atoms with Gasteiger partial charge >= 0.3 is 5.97 Å². The fourth-order valence-corrected chi connectivity index (χ4v) is 2.40. The molecule has 2 aromatic rings. The van der Waals surface area contributed by atoms with Crippen molar-refractivity contribution in [2.45, 2.75) is 19.0 Å². The van der Waals surface area contributed by atoms with Gasteiger partial charge in [0.05, 0.1) is 0 Å². The lowest BCUT2D eigenvalue weighted by atomic mass is 9.94. The molecule has 7 nitrogen and oxygen atoms in total. The number of carbonyl (C=O) groups excluding carboxylic acids is 1. The minimum absolute atomic E-state index is 0.0515. The highest BCUT2D eigenvalue weighted by Gasteiger charge is 2.35. The van der Waals surface area contributed by atoms with Gasteiger partial charge in [-0.1, -0.05) is 24.3 Å². The largest absolute Gasteiger partial charge is 0.480 e. The molecule has 1 amide bonds. The summed E-state index contributed by atoms with van der Waals surface area (Å²) in [6.07, 6.45) is 1.52. The van der Waals surface area contributed by atoms with Gasteiger partial charge in [-0.3, -0.25) is 9.89 Å². The van der Waals surface area contributed by atoms with Crippen LogP contribution < -0.4 is 0 Å². The molecule has 20 heavy (non-hydrogen) atoms.